The molecule has 1 unspecified atom stereocenters. The lowest BCUT2D eigenvalue weighted by atomic mass is 10.2. The second-order valence-corrected chi connectivity index (χ2v) is 4.66. The van der Waals surface area contributed by atoms with Crippen molar-refractivity contribution >= 4 is 17.4 Å². The van der Waals surface area contributed by atoms with Gasteiger partial charge in [-0.2, -0.15) is 0 Å². The third-order valence-corrected chi connectivity index (χ3v) is 2.95. The zero-order valence-electron chi connectivity index (χ0n) is 11.8. The molecule has 0 heterocycles. The maximum absolute atomic E-state index is 11.8. The molecular formula is C14H23N3O2. The Kier molecular flexibility index (Phi) is 6.15. The van der Waals surface area contributed by atoms with Gasteiger partial charge < -0.3 is 20.6 Å². The number of benzene rings is 1. The van der Waals surface area contributed by atoms with Crippen LogP contribution in [0.5, 0.6) is 0 Å². The Labute approximate surface area is 114 Å². The van der Waals surface area contributed by atoms with Gasteiger partial charge in [-0.15, -0.1) is 0 Å². The minimum atomic E-state index is -0.238. The van der Waals surface area contributed by atoms with Gasteiger partial charge in [0.25, 0.3) is 0 Å². The van der Waals surface area contributed by atoms with E-state index in [0.717, 1.165) is 17.8 Å². The topological polar surface area (TPSA) is 64.6 Å². The van der Waals surface area contributed by atoms with Crippen molar-refractivity contribution in [3.05, 3.63) is 24.3 Å². The van der Waals surface area contributed by atoms with Gasteiger partial charge in [0.05, 0.1) is 0 Å². The number of nitrogens with zero attached hydrogens (tertiary/aromatic N) is 1. The Bertz CT molecular complexity index is 390. The Morgan fingerprint density at radius 3 is 2.42 bits per heavy atom. The van der Waals surface area contributed by atoms with Gasteiger partial charge in [-0.1, -0.05) is 6.92 Å². The summed E-state index contributed by atoms with van der Waals surface area (Å²) in [5, 5.41) is 14.5. The number of amides is 2. The SMILES string of the molecule is CCC(CCO)NC(=O)Nc1ccc(N(C)C)cc1. The van der Waals surface area contributed by atoms with Crippen molar-refractivity contribution in [3.8, 4) is 0 Å². The largest absolute Gasteiger partial charge is 0.396 e. The number of rotatable bonds is 6. The molecule has 0 spiro atoms. The van der Waals surface area contributed by atoms with E-state index in [0.29, 0.717) is 6.42 Å². The van der Waals surface area contributed by atoms with E-state index in [1.54, 1.807) is 0 Å². The monoisotopic (exact) mass is 265 g/mol. The van der Waals surface area contributed by atoms with E-state index in [4.69, 9.17) is 5.11 Å². The van der Waals surface area contributed by atoms with Gasteiger partial charge in [0.2, 0.25) is 0 Å². The molecule has 0 aliphatic carbocycles. The summed E-state index contributed by atoms with van der Waals surface area (Å²) in [5.41, 5.74) is 1.83. The Balaban J connectivity index is 2.52. The first-order chi connectivity index (χ1) is 9.06. The van der Waals surface area contributed by atoms with Crippen molar-refractivity contribution in [1.82, 2.24) is 5.32 Å². The van der Waals surface area contributed by atoms with Gasteiger partial charge in [0.15, 0.2) is 0 Å². The summed E-state index contributed by atoms with van der Waals surface area (Å²) in [6, 6.07) is 7.38. The normalized spacial score (nSPS) is 11.8. The van der Waals surface area contributed by atoms with Crippen LogP contribution in [0, 0.1) is 0 Å². The summed E-state index contributed by atoms with van der Waals surface area (Å²) in [5.74, 6) is 0. The van der Waals surface area contributed by atoms with E-state index in [1.807, 2.05) is 50.2 Å². The van der Waals surface area contributed by atoms with E-state index in [1.165, 1.54) is 0 Å². The van der Waals surface area contributed by atoms with Crippen LogP contribution in [-0.4, -0.2) is 37.9 Å². The summed E-state index contributed by atoms with van der Waals surface area (Å²) in [6.45, 7) is 2.06. The fourth-order valence-electron chi connectivity index (χ4n) is 1.73. The van der Waals surface area contributed by atoms with Crippen LogP contribution in [0.4, 0.5) is 16.2 Å². The molecule has 0 radical (unpaired) electrons. The first-order valence-corrected chi connectivity index (χ1v) is 6.52. The lowest BCUT2D eigenvalue weighted by Crippen LogP contribution is -2.38. The highest BCUT2D eigenvalue weighted by atomic mass is 16.3. The van der Waals surface area contributed by atoms with Crippen LogP contribution in [0.3, 0.4) is 0 Å². The third-order valence-electron chi connectivity index (χ3n) is 2.95. The molecule has 0 aliphatic heterocycles. The Morgan fingerprint density at radius 2 is 1.95 bits per heavy atom. The van der Waals surface area contributed by atoms with Gasteiger partial charge in [0.1, 0.15) is 0 Å². The van der Waals surface area contributed by atoms with Crippen molar-refractivity contribution in [3.63, 3.8) is 0 Å². The van der Waals surface area contributed by atoms with Crippen LogP contribution in [0.2, 0.25) is 0 Å². The first kappa shape index (κ1) is 15.3. The van der Waals surface area contributed by atoms with Gasteiger partial charge >= 0.3 is 6.03 Å². The van der Waals surface area contributed by atoms with E-state index in [2.05, 4.69) is 10.6 Å². The fourth-order valence-corrected chi connectivity index (χ4v) is 1.73. The quantitative estimate of drug-likeness (QED) is 0.737. The molecule has 5 nitrogen and oxygen atoms in total. The van der Waals surface area contributed by atoms with E-state index < -0.39 is 0 Å². The minimum Gasteiger partial charge on any atom is -0.396 e. The number of aliphatic hydroxyl groups is 1. The van der Waals surface area contributed by atoms with Crippen LogP contribution in [-0.2, 0) is 0 Å². The highest BCUT2D eigenvalue weighted by Crippen LogP contribution is 2.15. The molecule has 0 saturated carbocycles. The lowest BCUT2D eigenvalue weighted by molar-refractivity contribution is 0.237. The summed E-state index contributed by atoms with van der Waals surface area (Å²) in [4.78, 5) is 13.8. The highest BCUT2D eigenvalue weighted by Gasteiger charge is 2.09. The number of hydrogen-bond donors (Lipinski definition) is 3. The molecule has 106 valence electrons. The summed E-state index contributed by atoms with van der Waals surface area (Å²) < 4.78 is 0. The summed E-state index contributed by atoms with van der Waals surface area (Å²) in [6.07, 6.45) is 1.37. The minimum absolute atomic E-state index is 0.00560. The smallest absolute Gasteiger partial charge is 0.319 e. The predicted molar refractivity (Wildman–Crippen MR) is 78.7 cm³/mol. The molecule has 0 fully saturated rings. The molecule has 1 atom stereocenters. The number of hydrogen-bond acceptors (Lipinski definition) is 3. The van der Waals surface area contributed by atoms with Crippen LogP contribution in [0.15, 0.2) is 24.3 Å². The molecule has 1 rings (SSSR count). The third kappa shape index (κ3) is 5.18. The molecule has 1 aromatic carbocycles. The number of carbonyl (C=O) groups is 1. The summed E-state index contributed by atoms with van der Waals surface area (Å²) in [7, 11) is 3.94. The molecule has 0 aliphatic rings. The van der Waals surface area contributed by atoms with Crippen molar-refractivity contribution in [2.45, 2.75) is 25.8 Å². The van der Waals surface area contributed by atoms with E-state index in [9.17, 15) is 4.79 Å². The molecule has 19 heavy (non-hydrogen) atoms. The molecule has 2 amide bonds. The molecule has 0 saturated heterocycles. The average molecular weight is 265 g/mol. The second-order valence-electron chi connectivity index (χ2n) is 4.66. The average Bonchev–Trinajstić information content (AvgIpc) is 2.38. The summed E-state index contributed by atoms with van der Waals surface area (Å²) >= 11 is 0. The van der Waals surface area contributed by atoms with Crippen molar-refractivity contribution in [2.75, 3.05) is 30.9 Å². The maximum atomic E-state index is 11.8. The molecular weight excluding hydrogens is 242 g/mol. The van der Waals surface area contributed by atoms with Gasteiger partial charge in [0, 0.05) is 38.1 Å². The maximum Gasteiger partial charge on any atom is 0.319 e. The highest BCUT2D eigenvalue weighted by molar-refractivity contribution is 5.89. The van der Waals surface area contributed by atoms with Gasteiger partial charge in [-0.3, -0.25) is 0 Å². The van der Waals surface area contributed by atoms with Crippen LogP contribution < -0.4 is 15.5 Å². The number of carbonyl (C=O) groups excluding carboxylic acids is 1. The standard InChI is InChI=1S/C14H23N3O2/c1-4-11(9-10-18)15-14(19)16-12-5-7-13(8-6-12)17(2)3/h5-8,11,18H,4,9-10H2,1-3H3,(H2,15,16,19). The Hall–Kier alpha value is -1.75. The second kappa shape index (κ2) is 7.63. The lowest BCUT2D eigenvalue weighted by Gasteiger charge is -2.17. The van der Waals surface area contributed by atoms with E-state index >= 15 is 0 Å². The molecule has 3 N–H and O–H groups in total. The Morgan fingerprint density at radius 1 is 1.32 bits per heavy atom. The van der Waals surface area contributed by atoms with Gasteiger partial charge in [-0.05, 0) is 37.1 Å². The molecule has 0 aromatic heterocycles. The zero-order chi connectivity index (χ0) is 14.3. The number of urea groups is 1. The predicted octanol–water partition coefficient (Wildman–Crippen LogP) is 2.04. The first-order valence-electron chi connectivity index (χ1n) is 6.52. The van der Waals surface area contributed by atoms with Crippen LogP contribution in [0.25, 0.3) is 0 Å². The van der Waals surface area contributed by atoms with Gasteiger partial charge in [-0.25, -0.2) is 4.79 Å². The molecule has 1 aromatic rings. The van der Waals surface area contributed by atoms with Crippen molar-refractivity contribution < 1.29 is 9.90 Å². The van der Waals surface area contributed by atoms with Crippen molar-refractivity contribution in [2.24, 2.45) is 0 Å². The van der Waals surface area contributed by atoms with E-state index in [-0.39, 0.29) is 18.7 Å². The molecule has 5 heteroatoms. The van der Waals surface area contributed by atoms with Crippen molar-refractivity contribution in [1.29, 1.82) is 0 Å². The number of aliphatic hydroxyl groups excluding tert-OH is 1. The molecule has 0 bridgehead atoms. The zero-order valence-corrected chi connectivity index (χ0v) is 11.8. The fraction of sp³-hybridized carbons (Fsp3) is 0.500. The number of nitrogens with one attached hydrogen (secondary N) is 2. The van der Waals surface area contributed by atoms with Crippen LogP contribution >= 0.6 is 0 Å². The number of anilines is 2. The van der Waals surface area contributed by atoms with Crippen LogP contribution in [0.1, 0.15) is 19.8 Å².